The van der Waals surface area contributed by atoms with E-state index in [0.717, 1.165) is 19.4 Å². The van der Waals surface area contributed by atoms with Gasteiger partial charge in [-0.15, -0.1) is 0 Å². The molecule has 7 nitrogen and oxygen atoms in total. The Bertz CT molecular complexity index is 631. The summed E-state index contributed by atoms with van der Waals surface area (Å²) >= 11 is 0. The summed E-state index contributed by atoms with van der Waals surface area (Å²) in [5.74, 6) is 0. The zero-order valence-corrected chi connectivity index (χ0v) is 14.2. The van der Waals surface area contributed by atoms with Crippen LogP contribution in [-0.2, 0) is 14.8 Å². The van der Waals surface area contributed by atoms with E-state index in [0.29, 0.717) is 18.3 Å². The Morgan fingerprint density at radius 2 is 2.04 bits per heavy atom. The van der Waals surface area contributed by atoms with E-state index in [1.807, 2.05) is 0 Å². The Hall–Kier alpha value is -1.64. The number of carbonyl (C=O) groups is 1. The molecule has 1 amide bonds. The summed E-state index contributed by atoms with van der Waals surface area (Å²) < 4.78 is 31.6. The number of hydrogen-bond acceptors (Lipinski definition) is 5. The van der Waals surface area contributed by atoms with Crippen LogP contribution in [-0.4, -0.2) is 52.7 Å². The molecular weight excluding hydrogens is 318 g/mol. The summed E-state index contributed by atoms with van der Waals surface area (Å²) in [6.45, 7) is 1.49. The molecule has 2 N–H and O–H groups in total. The molecule has 0 aromatic heterocycles. The molecule has 1 heterocycles. The predicted molar refractivity (Wildman–Crippen MR) is 87.9 cm³/mol. The lowest BCUT2D eigenvalue weighted by Crippen LogP contribution is -2.31. The van der Waals surface area contributed by atoms with E-state index in [9.17, 15) is 13.2 Å². The molecule has 0 aliphatic carbocycles. The maximum Gasteiger partial charge on any atom is 0.411 e. The Morgan fingerprint density at radius 1 is 1.35 bits per heavy atom. The minimum absolute atomic E-state index is 0.174. The fourth-order valence-electron chi connectivity index (χ4n) is 2.67. The number of carbonyl (C=O) groups excluding carboxylic acids is 1. The van der Waals surface area contributed by atoms with Gasteiger partial charge in [-0.1, -0.05) is 0 Å². The normalized spacial score (nSPS) is 18.8. The zero-order chi connectivity index (χ0) is 16.9. The van der Waals surface area contributed by atoms with Crippen LogP contribution in [0, 0.1) is 0 Å². The van der Waals surface area contributed by atoms with Gasteiger partial charge in [0.1, 0.15) is 0 Å². The summed E-state index contributed by atoms with van der Waals surface area (Å²) in [5.41, 5.74) is 0.475. The number of nitrogens with zero attached hydrogens (tertiary/aromatic N) is 1. The average molecular weight is 341 g/mol. The Kier molecular flexibility index (Phi) is 5.97. The molecule has 1 aliphatic rings. The summed E-state index contributed by atoms with van der Waals surface area (Å²) in [7, 11) is -0.200. The van der Waals surface area contributed by atoms with Crippen molar-refractivity contribution in [3.63, 3.8) is 0 Å². The molecular formula is C15H23N3O4S. The lowest BCUT2D eigenvalue weighted by molar-refractivity contribution is 0.187. The van der Waals surface area contributed by atoms with Gasteiger partial charge in [-0.2, -0.15) is 0 Å². The highest BCUT2D eigenvalue weighted by Crippen LogP contribution is 2.18. The molecule has 1 aromatic carbocycles. The van der Waals surface area contributed by atoms with Gasteiger partial charge in [-0.3, -0.25) is 5.32 Å². The maximum atomic E-state index is 12.2. The van der Waals surface area contributed by atoms with Gasteiger partial charge in [-0.05, 0) is 57.1 Å². The first kappa shape index (κ1) is 17.7. The quantitative estimate of drug-likeness (QED) is 0.821. The minimum Gasteiger partial charge on any atom is -0.453 e. The second-order valence-electron chi connectivity index (χ2n) is 5.60. The van der Waals surface area contributed by atoms with E-state index < -0.39 is 16.1 Å². The summed E-state index contributed by atoms with van der Waals surface area (Å²) in [4.78, 5) is 13.5. The van der Waals surface area contributed by atoms with Crippen LogP contribution in [0.25, 0.3) is 0 Å². The van der Waals surface area contributed by atoms with Crippen LogP contribution < -0.4 is 10.0 Å². The lowest BCUT2D eigenvalue weighted by Gasteiger charge is -2.19. The second-order valence-corrected chi connectivity index (χ2v) is 7.37. The molecule has 1 aromatic rings. The number of hydrogen-bond donors (Lipinski definition) is 2. The molecule has 23 heavy (non-hydrogen) atoms. The Labute approximate surface area is 137 Å². The molecule has 0 radical (unpaired) electrons. The van der Waals surface area contributed by atoms with E-state index in [2.05, 4.69) is 26.7 Å². The fourth-order valence-corrected chi connectivity index (χ4v) is 3.72. The summed E-state index contributed by atoms with van der Waals surface area (Å²) in [6, 6.07) is 6.40. The monoisotopic (exact) mass is 341 g/mol. The highest BCUT2D eigenvalue weighted by molar-refractivity contribution is 7.89. The largest absolute Gasteiger partial charge is 0.453 e. The van der Waals surface area contributed by atoms with E-state index in [4.69, 9.17) is 0 Å². The number of benzene rings is 1. The zero-order valence-electron chi connectivity index (χ0n) is 13.4. The number of likely N-dealkylation sites (tertiary alicyclic amines) is 1. The number of amides is 1. The number of rotatable bonds is 6. The van der Waals surface area contributed by atoms with Crippen molar-refractivity contribution in [2.75, 3.05) is 32.6 Å². The van der Waals surface area contributed by atoms with Gasteiger partial charge < -0.3 is 9.64 Å². The van der Waals surface area contributed by atoms with Crippen LogP contribution in [0.4, 0.5) is 10.5 Å². The fraction of sp³-hybridized carbons (Fsp3) is 0.533. The molecule has 0 saturated carbocycles. The standard InChI is InChI=1S/C15H23N3O4S/c1-18-11-3-4-13(18)9-10-16-23(20,21)14-7-5-12(6-8-14)17-15(19)22-2/h5-8,13,16H,3-4,9-11H2,1-2H3,(H,17,19). The molecule has 1 unspecified atom stereocenters. The summed E-state index contributed by atoms with van der Waals surface area (Å²) in [5, 5.41) is 2.47. The number of anilines is 1. The molecule has 1 saturated heterocycles. The Balaban J connectivity index is 1.89. The van der Waals surface area contributed by atoms with Gasteiger partial charge in [-0.25, -0.2) is 17.9 Å². The number of sulfonamides is 1. The van der Waals surface area contributed by atoms with E-state index >= 15 is 0 Å². The molecule has 0 spiro atoms. The summed E-state index contributed by atoms with van der Waals surface area (Å²) in [6.07, 6.45) is 2.49. The van der Waals surface area contributed by atoms with Crippen molar-refractivity contribution in [1.82, 2.24) is 9.62 Å². The van der Waals surface area contributed by atoms with Gasteiger partial charge in [0.2, 0.25) is 10.0 Å². The first-order valence-corrected chi connectivity index (χ1v) is 9.05. The number of nitrogens with one attached hydrogen (secondary N) is 2. The van der Waals surface area contributed by atoms with Gasteiger partial charge in [0, 0.05) is 18.3 Å². The van der Waals surface area contributed by atoms with Crippen LogP contribution in [0.5, 0.6) is 0 Å². The third-order valence-electron chi connectivity index (χ3n) is 4.04. The van der Waals surface area contributed by atoms with Crippen LogP contribution in [0.2, 0.25) is 0 Å². The topological polar surface area (TPSA) is 87.7 Å². The van der Waals surface area contributed by atoms with Crippen molar-refractivity contribution in [2.24, 2.45) is 0 Å². The Morgan fingerprint density at radius 3 is 2.61 bits per heavy atom. The molecule has 8 heteroatoms. The highest BCUT2D eigenvalue weighted by atomic mass is 32.2. The van der Waals surface area contributed by atoms with Gasteiger partial charge in [0.05, 0.1) is 12.0 Å². The van der Waals surface area contributed by atoms with Gasteiger partial charge >= 0.3 is 6.09 Å². The molecule has 1 aliphatic heterocycles. The van der Waals surface area contributed by atoms with Crippen molar-refractivity contribution < 1.29 is 17.9 Å². The smallest absolute Gasteiger partial charge is 0.411 e. The van der Waals surface area contributed by atoms with Crippen molar-refractivity contribution in [2.45, 2.75) is 30.2 Å². The highest BCUT2D eigenvalue weighted by Gasteiger charge is 2.21. The van der Waals surface area contributed by atoms with Crippen molar-refractivity contribution in [1.29, 1.82) is 0 Å². The van der Waals surface area contributed by atoms with E-state index in [1.165, 1.54) is 37.8 Å². The van der Waals surface area contributed by atoms with Crippen LogP contribution >= 0.6 is 0 Å². The number of methoxy groups -OCH3 is 1. The van der Waals surface area contributed by atoms with Crippen LogP contribution in [0.3, 0.4) is 0 Å². The second kappa shape index (κ2) is 7.76. The first-order valence-electron chi connectivity index (χ1n) is 7.57. The predicted octanol–water partition coefficient (Wildman–Crippen LogP) is 1.63. The van der Waals surface area contributed by atoms with E-state index in [-0.39, 0.29) is 4.90 Å². The van der Waals surface area contributed by atoms with Gasteiger partial charge in [0.25, 0.3) is 0 Å². The minimum atomic E-state index is -3.53. The first-order chi connectivity index (χ1) is 10.9. The van der Waals surface area contributed by atoms with Crippen LogP contribution in [0.15, 0.2) is 29.2 Å². The molecule has 128 valence electrons. The molecule has 0 bridgehead atoms. The van der Waals surface area contributed by atoms with Crippen LogP contribution in [0.1, 0.15) is 19.3 Å². The van der Waals surface area contributed by atoms with Gasteiger partial charge in [0.15, 0.2) is 0 Å². The van der Waals surface area contributed by atoms with Crippen molar-refractivity contribution in [3.8, 4) is 0 Å². The lowest BCUT2D eigenvalue weighted by atomic mass is 10.1. The molecule has 1 fully saturated rings. The molecule has 1 atom stereocenters. The third kappa shape index (κ3) is 4.92. The average Bonchev–Trinajstić information content (AvgIpc) is 2.93. The van der Waals surface area contributed by atoms with E-state index in [1.54, 1.807) is 0 Å². The third-order valence-corrected chi connectivity index (χ3v) is 5.51. The number of ether oxygens (including phenoxy) is 1. The van der Waals surface area contributed by atoms with Crippen molar-refractivity contribution >= 4 is 21.8 Å². The van der Waals surface area contributed by atoms with Crippen molar-refractivity contribution in [3.05, 3.63) is 24.3 Å². The maximum absolute atomic E-state index is 12.2. The molecule has 2 rings (SSSR count). The SMILES string of the molecule is COC(=O)Nc1ccc(S(=O)(=O)NCCC2CCCN2C)cc1.